The van der Waals surface area contributed by atoms with Crippen molar-refractivity contribution in [1.82, 2.24) is 0 Å². The molecule has 0 aromatic carbocycles. The molecule has 1 nitrogen and oxygen atoms in total. The standard InChI is InChI=1S/C2H4F3N.ClH/c3-1(4)2(5)6;/h1-2H,6H2;1H. The van der Waals surface area contributed by atoms with Gasteiger partial charge in [-0.1, -0.05) is 0 Å². The first-order valence-corrected chi connectivity index (χ1v) is 1.32. The van der Waals surface area contributed by atoms with Crippen LogP contribution in [0.3, 0.4) is 0 Å². The van der Waals surface area contributed by atoms with E-state index in [9.17, 15) is 13.2 Å². The summed E-state index contributed by atoms with van der Waals surface area (Å²) in [5.41, 5.74) is 4.02. The molecule has 0 amide bonds. The van der Waals surface area contributed by atoms with Crippen LogP contribution in [0.2, 0.25) is 0 Å². The topological polar surface area (TPSA) is 26.0 Å². The molecule has 0 saturated carbocycles. The highest BCUT2D eigenvalue weighted by atomic mass is 35.5. The first-order chi connectivity index (χ1) is 2.64. The zero-order valence-corrected chi connectivity index (χ0v) is 4.09. The zero-order chi connectivity index (χ0) is 5.15. The number of halogens is 4. The van der Waals surface area contributed by atoms with Gasteiger partial charge < -0.3 is 0 Å². The molecule has 7 heavy (non-hydrogen) atoms. The van der Waals surface area contributed by atoms with E-state index in [0.717, 1.165) is 0 Å². The normalized spacial score (nSPS) is 13.3. The Kier molecular flexibility index (Phi) is 6.07. The van der Waals surface area contributed by atoms with Crippen LogP contribution >= 0.6 is 12.4 Å². The molecule has 0 aliphatic rings. The van der Waals surface area contributed by atoms with Crippen LogP contribution in [0.1, 0.15) is 0 Å². The summed E-state index contributed by atoms with van der Waals surface area (Å²) in [7, 11) is 0. The lowest BCUT2D eigenvalue weighted by molar-refractivity contribution is 0.0537. The Bertz CT molecular complexity index is 33.9. The molecule has 1 atom stereocenters. The molecule has 0 aromatic rings. The third kappa shape index (κ3) is 6.04. The van der Waals surface area contributed by atoms with Gasteiger partial charge in [-0.15, -0.1) is 12.4 Å². The van der Waals surface area contributed by atoms with Crippen molar-refractivity contribution >= 4 is 12.4 Å². The van der Waals surface area contributed by atoms with Gasteiger partial charge in [-0.2, -0.15) is 0 Å². The fraction of sp³-hybridized carbons (Fsp3) is 1.00. The highest BCUT2D eigenvalue weighted by Crippen LogP contribution is 1.96. The second kappa shape index (κ2) is 4.21. The summed E-state index contributed by atoms with van der Waals surface area (Å²) >= 11 is 0. The van der Waals surface area contributed by atoms with Gasteiger partial charge in [0.25, 0.3) is 6.43 Å². The van der Waals surface area contributed by atoms with Crippen LogP contribution in [0.5, 0.6) is 0 Å². The average Bonchev–Trinajstić information content (AvgIpc) is 1.36. The third-order valence-electron chi connectivity index (χ3n) is 0.241. The summed E-state index contributed by atoms with van der Waals surface area (Å²) in [6.07, 6.45) is -5.52. The quantitative estimate of drug-likeness (QED) is 0.532. The van der Waals surface area contributed by atoms with Crippen LogP contribution in [-0.4, -0.2) is 12.7 Å². The molecule has 1 unspecified atom stereocenters. The van der Waals surface area contributed by atoms with E-state index in [1.165, 1.54) is 0 Å². The van der Waals surface area contributed by atoms with E-state index < -0.39 is 12.7 Å². The smallest absolute Gasteiger partial charge is 0.282 e. The number of alkyl halides is 3. The maximum atomic E-state index is 10.9. The predicted octanol–water partition coefficient (Wildman–Crippen LogP) is 0.928. The highest BCUT2D eigenvalue weighted by molar-refractivity contribution is 5.85. The van der Waals surface area contributed by atoms with Crippen LogP contribution in [-0.2, 0) is 0 Å². The van der Waals surface area contributed by atoms with Crippen molar-refractivity contribution in [1.29, 1.82) is 0 Å². The molecule has 0 spiro atoms. The lowest BCUT2D eigenvalue weighted by atomic mass is 10.7. The molecule has 0 heterocycles. The second-order valence-corrected chi connectivity index (χ2v) is 0.779. The molecule has 0 aliphatic heterocycles. The van der Waals surface area contributed by atoms with Crippen LogP contribution < -0.4 is 5.73 Å². The molecular formula is C2H5ClF3N. The van der Waals surface area contributed by atoms with Crippen molar-refractivity contribution in [3.05, 3.63) is 0 Å². The van der Waals surface area contributed by atoms with Crippen LogP contribution in [0.25, 0.3) is 0 Å². The molecule has 0 bridgehead atoms. The molecule has 0 rings (SSSR count). The lowest BCUT2D eigenvalue weighted by Crippen LogP contribution is -2.22. The van der Waals surface area contributed by atoms with Gasteiger partial charge in [0.15, 0.2) is 0 Å². The van der Waals surface area contributed by atoms with Gasteiger partial charge in [0.05, 0.1) is 0 Å². The van der Waals surface area contributed by atoms with E-state index in [2.05, 4.69) is 5.73 Å². The first kappa shape index (κ1) is 10.1. The fourth-order valence-electron chi connectivity index (χ4n) is 0. The molecular weight excluding hydrogens is 130 g/mol. The van der Waals surface area contributed by atoms with Crippen molar-refractivity contribution < 1.29 is 13.2 Å². The summed E-state index contributed by atoms with van der Waals surface area (Å²) in [6, 6.07) is 0. The first-order valence-electron chi connectivity index (χ1n) is 1.32. The Hall–Kier alpha value is 0.0400. The van der Waals surface area contributed by atoms with Crippen molar-refractivity contribution in [2.24, 2.45) is 5.73 Å². The molecule has 0 aliphatic carbocycles. The van der Waals surface area contributed by atoms with Gasteiger partial charge in [0.1, 0.15) is 0 Å². The number of hydrogen-bond donors (Lipinski definition) is 1. The van der Waals surface area contributed by atoms with Crippen LogP contribution in [0, 0.1) is 0 Å². The number of nitrogens with two attached hydrogens (primary N) is 1. The summed E-state index contributed by atoms with van der Waals surface area (Å²) in [5.74, 6) is 0. The molecule has 0 radical (unpaired) electrons. The third-order valence-corrected chi connectivity index (χ3v) is 0.241. The Morgan fingerprint density at radius 3 is 1.29 bits per heavy atom. The van der Waals surface area contributed by atoms with Crippen LogP contribution in [0.15, 0.2) is 0 Å². The maximum Gasteiger partial charge on any atom is 0.282 e. The Morgan fingerprint density at radius 2 is 1.29 bits per heavy atom. The predicted molar refractivity (Wildman–Crippen MR) is 22.3 cm³/mol. The average molecular weight is 136 g/mol. The van der Waals surface area contributed by atoms with E-state index in [-0.39, 0.29) is 12.4 Å². The monoisotopic (exact) mass is 135 g/mol. The molecule has 46 valence electrons. The number of rotatable bonds is 1. The minimum absolute atomic E-state index is 0. The summed E-state index contributed by atoms with van der Waals surface area (Å²) in [4.78, 5) is 0. The van der Waals surface area contributed by atoms with Crippen molar-refractivity contribution in [2.45, 2.75) is 12.7 Å². The van der Waals surface area contributed by atoms with Crippen LogP contribution in [0.4, 0.5) is 13.2 Å². The summed E-state index contributed by atoms with van der Waals surface area (Å²) in [5, 5.41) is 0. The Morgan fingerprint density at radius 1 is 1.14 bits per heavy atom. The van der Waals surface area contributed by atoms with Gasteiger partial charge in [0, 0.05) is 0 Å². The molecule has 0 saturated heterocycles. The van der Waals surface area contributed by atoms with Crippen molar-refractivity contribution in [2.75, 3.05) is 0 Å². The van der Waals surface area contributed by atoms with Gasteiger partial charge >= 0.3 is 0 Å². The van der Waals surface area contributed by atoms with E-state index in [1.807, 2.05) is 0 Å². The molecule has 5 heteroatoms. The Balaban J connectivity index is 0. The van der Waals surface area contributed by atoms with E-state index >= 15 is 0 Å². The van der Waals surface area contributed by atoms with Gasteiger partial charge in [0.2, 0.25) is 6.30 Å². The Labute approximate surface area is 45.1 Å². The van der Waals surface area contributed by atoms with Gasteiger partial charge in [-0.05, 0) is 0 Å². The largest absolute Gasteiger partial charge is 0.297 e. The summed E-state index contributed by atoms with van der Waals surface area (Å²) < 4.78 is 32.2. The van der Waals surface area contributed by atoms with E-state index in [0.29, 0.717) is 0 Å². The summed E-state index contributed by atoms with van der Waals surface area (Å²) in [6.45, 7) is 0. The van der Waals surface area contributed by atoms with Gasteiger partial charge in [-0.25, -0.2) is 13.2 Å². The second-order valence-electron chi connectivity index (χ2n) is 0.779. The minimum atomic E-state index is -3.04. The molecule has 0 aromatic heterocycles. The fourth-order valence-corrected chi connectivity index (χ4v) is 0. The lowest BCUT2D eigenvalue weighted by Gasteiger charge is -1.93. The minimum Gasteiger partial charge on any atom is -0.297 e. The van der Waals surface area contributed by atoms with Gasteiger partial charge in [-0.3, -0.25) is 5.73 Å². The molecule has 0 fully saturated rings. The van der Waals surface area contributed by atoms with E-state index in [4.69, 9.17) is 0 Å². The number of hydrogen-bond acceptors (Lipinski definition) is 1. The highest BCUT2D eigenvalue weighted by Gasteiger charge is 2.11. The van der Waals surface area contributed by atoms with E-state index in [1.54, 1.807) is 0 Å². The maximum absolute atomic E-state index is 10.9. The molecule has 2 N–H and O–H groups in total. The van der Waals surface area contributed by atoms with Crippen molar-refractivity contribution in [3.63, 3.8) is 0 Å². The van der Waals surface area contributed by atoms with Crippen molar-refractivity contribution in [3.8, 4) is 0 Å². The SMILES string of the molecule is Cl.NC(F)C(F)F. The zero-order valence-electron chi connectivity index (χ0n) is 3.27.